The zero-order chi connectivity index (χ0) is 11.1. The van der Waals surface area contributed by atoms with E-state index in [0.29, 0.717) is 0 Å². The maximum atomic E-state index is 11.7. The van der Waals surface area contributed by atoms with Gasteiger partial charge >= 0.3 is 0 Å². The molecule has 80 valence electrons. The van der Waals surface area contributed by atoms with Gasteiger partial charge in [0.2, 0.25) is 0 Å². The number of fused-ring (bicyclic) bond motifs is 1. The third-order valence-electron chi connectivity index (χ3n) is 2.61. The molecule has 0 saturated carbocycles. The van der Waals surface area contributed by atoms with E-state index < -0.39 is 9.84 Å². The summed E-state index contributed by atoms with van der Waals surface area (Å²) in [5.41, 5.74) is 2.93. The molecule has 0 bridgehead atoms. The highest BCUT2D eigenvalue weighted by atomic mass is 32.2. The van der Waals surface area contributed by atoms with Gasteiger partial charge in [-0.2, -0.15) is 0 Å². The van der Waals surface area contributed by atoms with Crippen molar-refractivity contribution in [1.82, 2.24) is 0 Å². The molecule has 1 aromatic carbocycles. The van der Waals surface area contributed by atoms with Crippen molar-refractivity contribution in [3.8, 4) is 0 Å². The molecule has 1 aliphatic rings. The van der Waals surface area contributed by atoms with Crippen LogP contribution in [0.4, 0.5) is 0 Å². The van der Waals surface area contributed by atoms with Crippen molar-refractivity contribution in [2.75, 3.05) is 0 Å². The summed E-state index contributed by atoms with van der Waals surface area (Å²) < 4.78 is 23.3. The van der Waals surface area contributed by atoms with Crippen molar-refractivity contribution >= 4 is 15.4 Å². The molecule has 2 nitrogen and oxygen atoms in total. The highest BCUT2D eigenvalue weighted by Gasteiger charge is 2.22. The summed E-state index contributed by atoms with van der Waals surface area (Å²) in [5, 5.41) is 1.43. The van der Waals surface area contributed by atoms with Crippen LogP contribution in [0.5, 0.6) is 0 Å². The summed E-state index contributed by atoms with van der Waals surface area (Å²) in [5.74, 6) is 0.376. The van der Waals surface area contributed by atoms with Crippen molar-refractivity contribution in [3.63, 3.8) is 0 Å². The highest BCUT2D eigenvalue weighted by molar-refractivity contribution is 7.93. The first-order chi connectivity index (χ1) is 6.99. The summed E-state index contributed by atoms with van der Waals surface area (Å²) >= 11 is 0. The van der Waals surface area contributed by atoms with Crippen LogP contribution in [0.25, 0.3) is 5.57 Å². The van der Waals surface area contributed by atoms with Crippen molar-refractivity contribution in [2.24, 2.45) is 5.92 Å². The Morgan fingerprint density at radius 2 is 1.87 bits per heavy atom. The van der Waals surface area contributed by atoms with Gasteiger partial charge in [0.1, 0.15) is 0 Å². The van der Waals surface area contributed by atoms with E-state index >= 15 is 0 Å². The Morgan fingerprint density at radius 3 is 2.53 bits per heavy atom. The highest BCUT2D eigenvalue weighted by Crippen LogP contribution is 2.32. The average molecular weight is 222 g/mol. The lowest BCUT2D eigenvalue weighted by molar-refractivity contribution is 0.603. The second-order valence-corrected chi connectivity index (χ2v) is 6.04. The summed E-state index contributed by atoms with van der Waals surface area (Å²) in [7, 11) is -3.05. The zero-order valence-electron chi connectivity index (χ0n) is 8.90. The molecule has 0 aliphatic carbocycles. The molecule has 0 unspecified atom stereocenters. The zero-order valence-corrected chi connectivity index (χ0v) is 9.71. The summed E-state index contributed by atoms with van der Waals surface area (Å²) in [6.45, 7) is 4.03. The molecule has 0 atom stereocenters. The molecule has 3 heteroatoms. The Hall–Kier alpha value is -1.09. The van der Waals surface area contributed by atoms with E-state index in [1.807, 2.05) is 38.1 Å². The van der Waals surface area contributed by atoms with Gasteiger partial charge in [-0.25, -0.2) is 8.42 Å². The Balaban J connectivity index is 2.66. The minimum atomic E-state index is -3.05. The summed E-state index contributed by atoms with van der Waals surface area (Å²) in [6, 6.07) is 7.72. The van der Waals surface area contributed by atoms with E-state index in [1.54, 1.807) is 0 Å². The van der Waals surface area contributed by atoms with Crippen LogP contribution in [0.2, 0.25) is 0 Å². The number of rotatable bonds is 1. The standard InChI is InChI=1S/C12H14O2S/c1-9(2)12-8-15(13,14)7-10-5-3-4-6-11(10)12/h3-6,8-9H,7H2,1-2H3. The minimum absolute atomic E-state index is 0.138. The first-order valence-electron chi connectivity index (χ1n) is 5.02. The molecule has 0 spiro atoms. The molecule has 0 saturated heterocycles. The van der Waals surface area contributed by atoms with Crippen LogP contribution in [0.1, 0.15) is 25.0 Å². The second kappa shape index (κ2) is 3.49. The van der Waals surface area contributed by atoms with Gasteiger partial charge in [-0.3, -0.25) is 0 Å². The molecule has 0 amide bonds. The Morgan fingerprint density at radius 1 is 1.20 bits per heavy atom. The number of allylic oxidation sites excluding steroid dienone is 1. The molecular formula is C12H14O2S. The lowest BCUT2D eigenvalue weighted by atomic mass is 9.93. The molecule has 0 fully saturated rings. The van der Waals surface area contributed by atoms with Crippen molar-refractivity contribution in [2.45, 2.75) is 19.6 Å². The molecule has 0 aromatic heterocycles. The van der Waals surface area contributed by atoms with E-state index in [0.717, 1.165) is 16.7 Å². The van der Waals surface area contributed by atoms with E-state index in [4.69, 9.17) is 0 Å². The first-order valence-corrected chi connectivity index (χ1v) is 6.74. The molecule has 2 rings (SSSR count). The van der Waals surface area contributed by atoms with Gasteiger partial charge in [0.15, 0.2) is 9.84 Å². The van der Waals surface area contributed by atoms with Gasteiger partial charge in [0.05, 0.1) is 5.75 Å². The molecule has 0 N–H and O–H groups in total. The smallest absolute Gasteiger partial charge is 0.176 e. The lowest BCUT2D eigenvalue weighted by Gasteiger charge is -2.20. The summed E-state index contributed by atoms with van der Waals surface area (Å²) in [6.07, 6.45) is 0. The predicted molar refractivity (Wildman–Crippen MR) is 61.9 cm³/mol. The molecular weight excluding hydrogens is 208 g/mol. The van der Waals surface area contributed by atoms with Crippen LogP contribution >= 0.6 is 0 Å². The number of hydrogen-bond acceptors (Lipinski definition) is 2. The lowest BCUT2D eigenvalue weighted by Crippen LogP contribution is -2.12. The average Bonchev–Trinajstić information content (AvgIpc) is 2.14. The maximum Gasteiger partial charge on any atom is 0.176 e. The fourth-order valence-electron chi connectivity index (χ4n) is 1.89. The van der Waals surface area contributed by atoms with Crippen LogP contribution in [-0.2, 0) is 15.6 Å². The SMILES string of the molecule is CC(C)C1=CS(=O)(=O)Cc2ccccc21. The number of hydrogen-bond donors (Lipinski definition) is 0. The number of benzene rings is 1. The number of sulfone groups is 1. The topological polar surface area (TPSA) is 34.1 Å². The molecule has 1 aromatic rings. The van der Waals surface area contributed by atoms with E-state index in [9.17, 15) is 8.42 Å². The van der Waals surface area contributed by atoms with Crippen LogP contribution in [0, 0.1) is 5.92 Å². The van der Waals surface area contributed by atoms with Crippen molar-refractivity contribution < 1.29 is 8.42 Å². The largest absolute Gasteiger partial charge is 0.224 e. The van der Waals surface area contributed by atoms with Gasteiger partial charge < -0.3 is 0 Å². The van der Waals surface area contributed by atoms with E-state index in [2.05, 4.69) is 0 Å². The minimum Gasteiger partial charge on any atom is -0.224 e. The third-order valence-corrected chi connectivity index (χ3v) is 3.94. The van der Waals surface area contributed by atoms with Crippen LogP contribution in [0.3, 0.4) is 0 Å². The summed E-state index contributed by atoms with van der Waals surface area (Å²) in [4.78, 5) is 0. The Bertz CT molecular complexity index is 510. The normalized spacial score (nSPS) is 18.5. The Labute approximate surface area is 90.6 Å². The second-order valence-electron chi connectivity index (χ2n) is 4.19. The van der Waals surface area contributed by atoms with Crippen LogP contribution < -0.4 is 0 Å². The monoisotopic (exact) mass is 222 g/mol. The molecule has 0 radical (unpaired) electrons. The van der Waals surface area contributed by atoms with Gasteiger partial charge in [-0.15, -0.1) is 0 Å². The van der Waals surface area contributed by atoms with Crippen molar-refractivity contribution in [3.05, 3.63) is 40.8 Å². The van der Waals surface area contributed by atoms with Crippen molar-refractivity contribution in [1.29, 1.82) is 0 Å². The molecule has 1 heterocycles. The Kier molecular flexibility index (Phi) is 2.43. The van der Waals surface area contributed by atoms with Gasteiger partial charge in [0, 0.05) is 5.41 Å². The van der Waals surface area contributed by atoms with Gasteiger partial charge in [0.25, 0.3) is 0 Å². The van der Waals surface area contributed by atoms with E-state index in [-0.39, 0.29) is 11.7 Å². The van der Waals surface area contributed by atoms with Gasteiger partial charge in [-0.05, 0) is 22.6 Å². The molecule has 15 heavy (non-hydrogen) atoms. The van der Waals surface area contributed by atoms with E-state index in [1.165, 1.54) is 5.41 Å². The van der Waals surface area contributed by atoms with Crippen LogP contribution in [0.15, 0.2) is 29.7 Å². The molecule has 1 aliphatic heterocycles. The first kappa shape index (κ1) is 10.4. The fraction of sp³-hybridized carbons (Fsp3) is 0.333. The predicted octanol–water partition coefficient (Wildman–Crippen LogP) is 2.61. The van der Waals surface area contributed by atoms with Crippen LogP contribution in [-0.4, -0.2) is 8.42 Å². The fourth-order valence-corrected chi connectivity index (χ4v) is 3.44. The van der Waals surface area contributed by atoms with Gasteiger partial charge in [-0.1, -0.05) is 38.1 Å². The third kappa shape index (κ3) is 1.97. The maximum absolute atomic E-state index is 11.7. The quantitative estimate of drug-likeness (QED) is 0.732.